The molecule has 6 nitrogen and oxygen atoms in total. The minimum Gasteiger partial charge on any atom is -0.339 e. The second kappa shape index (κ2) is 6.76. The van der Waals surface area contributed by atoms with Gasteiger partial charge in [0, 0.05) is 42.6 Å². The van der Waals surface area contributed by atoms with Gasteiger partial charge in [-0.3, -0.25) is 14.9 Å². The maximum atomic E-state index is 12.9. The Morgan fingerprint density at radius 2 is 2.00 bits per heavy atom. The summed E-state index contributed by atoms with van der Waals surface area (Å²) in [5, 5.41) is 8.46. The van der Waals surface area contributed by atoms with Gasteiger partial charge in [-0.2, -0.15) is 5.10 Å². The first-order valence-corrected chi connectivity index (χ1v) is 9.81. The zero-order chi connectivity index (χ0) is 18.2. The van der Waals surface area contributed by atoms with Gasteiger partial charge in [0.05, 0.1) is 5.52 Å². The molecule has 2 fully saturated rings. The average Bonchev–Trinajstić information content (AvgIpc) is 3.47. The number of benzene rings is 1. The van der Waals surface area contributed by atoms with Gasteiger partial charge in [0.1, 0.15) is 5.82 Å². The van der Waals surface area contributed by atoms with E-state index in [2.05, 4.69) is 20.2 Å². The number of piperidine rings is 1. The van der Waals surface area contributed by atoms with Crippen molar-refractivity contribution in [2.75, 3.05) is 13.1 Å². The van der Waals surface area contributed by atoms with Gasteiger partial charge in [0.25, 0.3) is 5.91 Å². The van der Waals surface area contributed by atoms with Crippen LogP contribution in [0.2, 0.25) is 0 Å². The van der Waals surface area contributed by atoms with Crippen molar-refractivity contribution in [3.05, 3.63) is 53.7 Å². The van der Waals surface area contributed by atoms with Crippen molar-refractivity contribution < 1.29 is 4.79 Å². The highest BCUT2D eigenvalue weighted by Gasteiger charge is 2.29. The molecule has 1 aromatic carbocycles. The van der Waals surface area contributed by atoms with Gasteiger partial charge in [0.2, 0.25) is 0 Å². The lowest BCUT2D eigenvalue weighted by atomic mass is 9.93. The Balaban J connectivity index is 1.20. The lowest BCUT2D eigenvalue weighted by Crippen LogP contribution is -2.39. The van der Waals surface area contributed by atoms with Gasteiger partial charge in [-0.15, -0.1) is 0 Å². The van der Waals surface area contributed by atoms with Crippen LogP contribution in [-0.2, 0) is 6.42 Å². The lowest BCUT2D eigenvalue weighted by molar-refractivity contribution is 0.0690. The molecule has 0 atom stereocenters. The number of hydrogen-bond acceptors (Lipinski definition) is 4. The number of hydrogen-bond donors (Lipinski definition) is 1. The highest BCUT2D eigenvalue weighted by Crippen LogP contribution is 2.38. The Morgan fingerprint density at radius 3 is 2.81 bits per heavy atom. The summed E-state index contributed by atoms with van der Waals surface area (Å²) in [5.41, 5.74) is 1.67. The van der Waals surface area contributed by atoms with Gasteiger partial charge >= 0.3 is 0 Å². The fourth-order valence-electron chi connectivity index (χ4n) is 3.93. The Hall–Kier alpha value is -2.76. The topological polar surface area (TPSA) is 74.8 Å². The van der Waals surface area contributed by atoms with Crippen molar-refractivity contribution in [3.8, 4) is 0 Å². The lowest BCUT2D eigenvalue weighted by Gasteiger charge is -2.31. The molecule has 2 aliphatic rings. The normalized spacial score (nSPS) is 18.1. The van der Waals surface area contributed by atoms with Crippen molar-refractivity contribution in [3.63, 3.8) is 0 Å². The first-order valence-electron chi connectivity index (χ1n) is 9.81. The number of fused-ring (bicyclic) bond motifs is 1. The summed E-state index contributed by atoms with van der Waals surface area (Å²) in [7, 11) is 0. The van der Waals surface area contributed by atoms with Crippen molar-refractivity contribution in [2.45, 2.75) is 38.0 Å². The molecule has 0 radical (unpaired) electrons. The second-order valence-corrected chi connectivity index (χ2v) is 7.77. The zero-order valence-electron chi connectivity index (χ0n) is 15.3. The smallest absolute Gasteiger partial charge is 0.253 e. The maximum Gasteiger partial charge on any atom is 0.253 e. The molecule has 0 unspecified atom stereocenters. The number of carbonyl (C=O) groups is 1. The number of aromatic nitrogens is 4. The molecule has 1 aliphatic carbocycles. The van der Waals surface area contributed by atoms with Crippen LogP contribution in [0.15, 0.2) is 36.5 Å². The van der Waals surface area contributed by atoms with Gasteiger partial charge < -0.3 is 4.90 Å². The first kappa shape index (κ1) is 16.4. The van der Waals surface area contributed by atoms with E-state index < -0.39 is 0 Å². The van der Waals surface area contributed by atoms with E-state index in [0.29, 0.717) is 11.8 Å². The van der Waals surface area contributed by atoms with Crippen molar-refractivity contribution in [1.82, 2.24) is 25.1 Å². The van der Waals surface area contributed by atoms with Gasteiger partial charge in [-0.25, -0.2) is 4.98 Å². The molecular formula is C21H23N5O. The summed E-state index contributed by atoms with van der Waals surface area (Å²) in [6.45, 7) is 1.61. The van der Waals surface area contributed by atoms with Gasteiger partial charge in [0.15, 0.2) is 5.82 Å². The number of rotatable bonds is 4. The molecule has 1 amide bonds. The van der Waals surface area contributed by atoms with E-state index in [1.54, 1.807) is 6.20 Å². The van der Waals surface area contributed by atoms with Crippen LogP contribution in [0.1, 0.15) is 53.6 Å². The molecule has 6 heteroatoms. The van der Waals surface area contributed by atoms with E-state index in [1.807, 2.05) is 35.2 Å². The molecule has 3 heterocycles. The number of H-pyrrole nitrogens is 1. The molecule has 1 saturated carbocycles. The van der Waals surface area contributed by atoms with E-state index in [9.17, 15) is 4.79 Å². The first-order chi connectivity index (χ1) is 13.3. The monoisotopic (exact) mass is 361 g/mol. The van der Waals surface area contributed by atoms with E-state index >= 15 is 0 Å². The molecule has 27 heavy (non-hydrogen) atoms. The highest BCUT2D eigenvalue weighted by atomic mass is 16.2. The molecule has 1 saturated heterocycles. The summed E-state index contributed by atoms with van der Waals surface area (Å²) < 4.78 is 0. The van der Waals surface area contributed by atoms with Crippen molar-refractivity contribution >= 4 is 16.8 Å². The van der Waals surface area contributed by atoms with Crippen LogP contribution in [0, 0.1) is 5.92 Å². The Labute approximate surface area is 158 Å². The summed E-state index contributed by atoms with van der Waals surface area (Å²) in [4.78, 5) is 23.8. The third kappa shape index (κ3) is 3.44. The molecule has 3 aromatic rings. The molecule has 0 spiro atoms. The van der Waals surface area contributed by atoms with E-state index in [1.165, 1.54) is 12.8 Å². The van der Waals surface area contributed by atoms with Gasteiger partial charge in [-0.05, 0) is 55.9 Å². The largest absolute Gasteiger partial charge is 0.339 e. The predicted molar refractivity (Wildman–Crippen MR) is 102 cm³/mol. The minimum absolute atomic E-state index is 0.120. The number of carbonyl (C=O) groups excluding carboxylic acids is 1. The van der Waals surface area contributed by atoms with Crippen molar-refractivity contribution in [2.24, 2.45) is 5.92 Å². The quantitative estimate of drug-likeness (QED) is 0.773. The van der Waals surface area contributed by atoms with Crippen LogP contribution >= 0.6 is 0 Å². The van der Waals surface area contributed by atoms with Crippen molar-refractivity contribution in [1.29, 1.82) is 0 Å². The molecule has 5 rings (SSSR count). The number of amides is 1. The number of nitrogens with zero attached hydrogens (tertiary/aromatic N) is 4. The maximum absolute atomic E-state index is 12.9. The minimum atomic E-state index is 0.120. The second-order valence-electron chi connectivity index (χ2n) is 7.77. The van der Waals surface area contributed by atoms with E-state index in [0.717, 1.165) is 60.5 Å². The van der Waals surface area contributed by atoms with Crippen LogP contribution in [-0.4, -0.2) is 44.1 Å². The summed E-state index contributed by atoms with van der Waals surface area (Å²) in [5.74, 6) is 3.27. The molecule has 2 aromatic heterocycles. The summed E-state index contributed by atoms with van der Waals surface area (Å²) in [6.07, 6.45) is 7.19. The number of pyridine rings is 1. The fourth-order valence-corrected chi connectivity index (χ4v) is 3.93. The van der Waals surface area contributed by atoms with Crippen LogP contribution in [0.4, 0.5) is 0 Å². The Bertz CT molecular complexity index is 969. The van der Waals surface area contributed by atoms with Crippen LogP contribution in [0.3, 0.4) is 0 Å². The standard InChI is InChI=1S/C21H23N5O/c27-21(17-5-6-18-16(13-17)2-1-9-22-18)26-10-7-14(8-11-26)12-19-23-20(25-24-19)15-3-4-15/h1-2,5-6,9,13-15H,3-4,7-8,10-12H2,(H,23,24,25). The third-order valence-corrected chi connectivity index (χ3v) is 5.73. The Kier molecular flexibility index (Phi) is 4.11. The van der Waals surface area contributed by atoms with Crippen LogP contribution in [0.5, 0.6) is 0 Å². The zero-order valence-corrected chi connectivity index (χ0v) is 15.3. The summed E-state index contributed by atoms with van der Waals surface area (Å²) in [6, 6.07) is 9.66. The highest BCUT2D eigenvalue weighted by molar-refractivity contribution is 5.97. The van der Waals surface area contributed by atoms with E-state index in [4.69, 9.17) is 0 Å². The number of aromatic amines is 1. The molecule has 1 N–H and O–H groups in total. The molecule has 1 aliphatic heterocycles. The fraction of sp³-hybridized carbons (Fsp3) is 0.429. The predicted octanol–water partition coefficient (Wildman–Crippen LogP) is 3.33. The number of nitrogens with one attached hydrogen (secondary N) is 1. The van der Waals surface area contributed by atoms with Gasteiger partial charge in [-0.1, -0.05) is 6.07 Å². The SMILES string of the molecule is O=C(c1ccc2ncccc2c1)N1CCC(Cc2nc(C3CC3)n[nH]2)CC1. The third-order valence-electron chi connectivity index (χ3n) is 5.73. The molecule has 138 valence electrons. The average molecular weight is 361 g/mol. The Morgan fingerprint density at radius 1 is 1.15 bits per heavy atom. The molecule has 0 bridgehead atoms. The summed E-state index contributed by atoms with van der Waals surface area (Å²) >= 11 is 0. The molecular weight excluding hydrogens is 338 g/mol. The van der Waals surface area contributed by atoms with Crippen LogP contribution < -0.4 is 0 Å². The van der Waals surface area contributed by atoms with Crippen LogP contribution in [0.25, 0.3) is 10.9 Å². The number of likely N-dealkylation sites (tertiary alicyclic amines) is 1. The van der Waals surface area contributed by atoms with E-state index in [-0.39, 0.29) is 5.91 Å².